The van der Waals surface area contributed by atoms with E-state index in [0.717, 1.165) is 64.2 Å². The van der Waals surface area contributed by atoms with Crippen molar-refractivity contribution in [2.45, 2.75) is 193 Å². The average Bonchev–Trinajstić information content (AvgIpc) is 3.22. The highest BCUT2D eigenvalue weighted by Crippen LogP contribution is 2.43. The number of phosphoric acid groups is 1. The molecular formula is C48H83O10P. The predicted octanol–water partition coefficient (Wildman–Crippen LogP) is 12.4. The molecule has 0 aliphatic rings. The zero-order chi connectivity index (χ0) is 43.3. The van der Waals surface area contributed by atoms with Gasteiger partial charge in [-0.15, -0.1) is 0 Å². The van der Waals surface area contributed by atoms with Gasteiger partial charge < -0.3 is 24.6 Å². The van der Waals surface area contributed by atoms with E-state index in [9.17, 15) is 24.2 Å². The second-order valence-corrected chi connectivity index (χ2v) is 16.5. The van der Waals surface area contributed by atoms with Gasteiger partial charge in [-0.3, -0.25) is 18.6 Å². The number of aliphatic hydroxyl groups is 2. The van der Waals surface area contributed by atoms with E-state index in [0.29, 0.717) is 19.3 Å². The number of hydrogen-bond acceptors (Lipinski definition) is 9. The molecule has 0 spiro atoms. The molecular weight excluding hydrogens is 767 g/mol. The van der Waals surface area contributed by atoms with E-state index in [4.69, 9.17) is 19.1 Å². The molecule has 11 heteroatoms. The van der Waals surface area contributed by atoms with Crippen LogP contribution in [0.2, 0.25) is 0 Å². The van der Waals surface area contributed by atoms with Crippen molar-refractivity contribution >= 4 is 19.8 Å². The van der Waals surface area contributed by atoms with E-state index < -0.39 is 51.8 Å². The second kappa shape index (κ2) is 43.5. The zero-order valence-corrected chi connectivity index (χ0v) is 37.8. The van der Waals surface area contributed by atoms with Crippen LogP contribution in [0.3, 0.4) is 0 Å². The Bertz CT molecular complexity index is 1210. The van der Waals surface area contributed by atoms with Gasteiger partial charge in [0.15, 0.2) is 6.10 Å². The fourth-order valence-corrected chi connectivity index (χ4v) is 6.57. The van der Waals surface area contributed by atoms with Gasteiger partial charge >= 0.3 is 19.8 Å². The molecule has 0 saturated carbocycles. The Balaban J connectivity index is 4.38. The lowest BCUT2D eigenvalue weighted by Gasteiger charge is -2.20. The topological polar surface area (TPSA) is 149 Å². The number of unbranched alkanes of at least 4 members (excludes halogenated alkanes) is 16. The van der Waals surface area contributed by atoms with E-state index >= 15 is 0 Å². The van der Waals surface area contributed by atoms with Crippen molar-refractivity contribution in [3.8, 4) is 0 Å². The van der Waals surface area contributed by atoms with Crippen LogP contribution in [0.1, 0.15) is 181 Å². The molecule has 0 bridgehead atoms. The first-order valence-corrected chi connectivity index (χ1v) is 24.4. The molecule has 59 heavy (non-hydrogen) atoms. The number of hydrogen-bond donors (Lipinski definition) is 3. The fourth-order valence-electron chi connectivity index (χ4n) is 5.78. The Morgan fingerprint density at radius 1 is 0.508 bits per heavy atom. The van der Waals surface area contributed by atoms with E-state index in [-0.39, 0.29) is 19.4 Å². The number of esters is 2. The van der Waals surface area contributed by atoms with E-state index in [1.165, 1.54) is 70.6 Å². The summed E-state index contributed by atoms with van der Waals surface area (Å²) in [5.41, 5.74) is 0. The van der Waals surface area contributed by atoms with Crippen LogP contribution in [-0.2, 0) is 32.7 Å². The SMILES string of the molecule is CCCCC/C=C/C/C=C/CCCCCCCC(=O)O[C@@H](COC(=O)CCC/C=C/C/C=C/C/C=C/C/C=C/CCCCCCCCC)COP(=O)(O)OC[C@H](O)CO. The Labute approximate surface area is 358 Å². The predicted molar refractivity (Wildman–Crippen MR) is 242 cm³/mol. The summed E-state index contributed by atoms with van der Waals surface area (Å²) in [6.07, 6.45) is 50.2. The van der Waals surface area contributed by atoms with Crippen LogP contribution in [0.15, 0.2) is 72.9 Å². The lowest BCUT2D eigenvalue weighted by atomic mass is 10.1. The number of aliphatic hydroxyl groups excluding tert-OH is 2. The third kappa shape index (κ3) is 43.3. The Morgan fingerprint density at radius 3 is 1.41 bits per heavy atom. The smallest absolute Gasteiger partial charge is 0.462 e. The highest BCUT2D eigenvalue weighted by molar-refractivity contribution is 7.47. The van der Waals surface area contributed by atoms with Gasteiger partial charge in [0.2, 0.25) is 0 Å². The number of phosphoric ester groups is 1. The van der Waals surface area contributed by atoms with Gasteiger partial charge in [0, 0.05) is 12.8 Å². The molecule has 0 aromatic carbocycles. The van der Waals surface area contributed by atoms with Crippen LogP contribution >= 0.6 is 7.82 Å². The van der Waals surface area contributed by atoms with Crippen LogP contribution in [0.4, 0.5) is 0 Å². The van der Waals surface area contributed by atoms with Crippen LogP contribution in [0, 0.1) is 0 Å². The highest BCUT2D eigenvalue weighted by atomic mass is 31.2. The maximum absolute atomic E-state index is 12.6. The monoisotopic (exact) mass is 851 g/mol. The van der Waals surface area contributed by atoms with Crippen LogP contribution < -0.4 is 0 Å². The minimum absolute atomic E-state index is 0.153. The molecule has 0 aliphatic heterocycles. The van der Waals surface area contributed by atoms with Crippen molar-refractivity contribution in [2.75, 3.05) is 26.4 Å². The Morgan fingerprint density at radius 2 is 0.898 bits per heavy atom. The molecule has 0 aliphatic carbocycles. The summed E-state index contributed by atoms with van der Waals surface area (Å²) in [5.74, 6) is -1.01. The summed E-state index contributed by atoms with van der Waals surface area (Å²) < 4.78 is 32.7. The first-order chi connectivity index (χ1) is 28.7. The fraction of sp³-hybridized carbons (Fsp3) is 0.708. The molecule has 0 saturated heterocycles. The van der Waals surface area contributed by atoms with Gasteiger partial charge in [0.25, 0.3) is 0 Å². The molecule has 10 nitrogen and oxygen atoms in total. The number of ether oxygens (including phenoxy) is 2. The first-order valence-electron chi connectivity index (χ1n) is 22.9. The third-order valence-electron chi connectivity index (χ3n) is 9.33. The van der Waals surface area contributed by atoms with Crippen molar-refractivity contribution in [3.63, 3.8) is 0 Å². The minimum atomic E-state index is -4.64. The molecule has 0 radical (unpaired) electrons. The minimum Gasteiger partial charge on any atom is -0.462 e. The van der Waals surface area contributed by atoms with Gasteiger partial charge in [-0.05, 0) is 83.5 Å². The van der Waals surface area contributed by atoms with Gasteiger partial charge in [-0.2, -0.15) is 0 Å². The van der Waals surface area contributed by atoms with Crippen molar-refractivity contribution < 1.29 is 47.8 Å². The van der Waals surface area contributed by atoms with Gasteiger partial charge in [0.05, 0.1) is 19.8 Å². The zero-order valence-electron chi connectivity index (χ0n) is 36.9. The molecule has 0 rings (SSSR count). The van der Waals surface area contributed by atoms with Gasteiger partial charge in [0.1, 0.15) is 12.7 Å². The first kappa shape index (κ1) is 56.4. The van der Waals surface area contributed by atoms with Gasteiger partial charge in [-0.25, -0.2) is 4.57 Å². The molecule has 0 aromatic rings. The highest BCUT2D eigenvalue weighted by Gasteiger charge is 2.27. The normalized spacial score (nSPS) is 14.5. The largest absolute Gasteiger partial charge is 0.472 e. The lowest BCUT2D eigenvalue weighted by molar-refractivity contribution is -0.161. The molecule has 0 fully saturated rings. The molecule has 3 atom stereocenters. The summed E-state index contributed by atoms with van der Waals surface area (Å²) in [4.78, 5) is 35.0. The molecule has 0 amide bonds. The van der Waals surface area contributed by atoms with Gasteiger partial charge in [-0.1, -0.05) is 157 Å². The van der Waals surface area contributed by atoms with Crippen molar-refractivity contribution in [3.05, 3.63) is 72.9 Å². The third-order valence-corrected chi connectivity index (χ3v) is 10.3. The standard InChI is InChI=1S/C48H83O10P/c1-3-5-7-9-11-13-15-17-19-20-21-22-23-24-26-27-29-31-33-35-37-39-47(51)55-43-46(44-57-59(53,54)56-42-45(50)41-49)58-48(52)40-38-36-34-32-30-28-25-18-16-14-12-10-8-6-4-2/h12,14,18-20,22-23,25-27,31,33,45-46,49-50H,3-11,13,15-17,21,24,28-30,32,34-44H2,1-2H3,(H,53,54)/b14-12+,20-19+,23-22+,25-18+,27-26+,33-31+/t45-,46+/m1/s1. The number of rotatable bonds is 42. The maximum atomic E-state index is 12.6. The lowest BCUT2D eigenvalue weighted by Crippen LogP contribution is -2.29. The maximum Gasteiger partial charge on any atom is 0.472 e. The molecule has 0 aromatic heterocycles. The summed E-state index contributed by atoms with van der Waals surface area (Å²) in [6, 6.07) is 0. The van der Waals surface area contributed by atoms with Crippen molar-refractivity contribution in [2.24, 2.45) is 0 Å². The van der Waals surface area contributed by atoms with Crippen LogP contribution in [0.25, 0.3) is 0 Å². The molecule has 1 unspecified atom stereocenters. The molecule has 3 N–H and O–H groups in total. The average molecular weight is 851 g/mol. The number of allylic oxidation sites excluding steroid dienone is 12. The second-order valence-electron chi connectivity index (χ2n) is 15.1. The molecule has 340 valence electrons. The van der Waals surface area contributed by atoms with Crippen LogP contribution in [-0.4, -0.2) is 65.7 Å². The summed E-state index contributed by atoms with van der Waals surface area (Å²) >= 11 is 0. The number of carbonyl (C=O) groups excluding carboxylic acids is 2. The summed E-state index contributed by atoms with van der Waals surface area (Å²) in [7, 11) is -4.64. The van der Waals surface area contributed by atoms with Crippen molar-refractivity contribution in [1.29, 1.82) is 0 Å². The van der Waals surface area contributed by atoms with Crippen molar-refractivity contribution in [1.82, 2.24) is 0 Å². The Hall–Kier alpha value is -2.59. The Kier molecular flexibility index (Phi) is 41.6. The van der Waals surface area contributed by atoms with E-state index in [1.54, 1.807) is 0 Å². The summed E-state index contributed by atoms with van der Waals surface area (Å²) in [6.45, 7) is 2.27. The quantitative estimate of drug-likeness (QED) is 0.0234. The van der Waals surface area contributed by atoms with E-state index in [2.05, 4.69) is 85.2 Å². The van der Waals surface area contributed by atoms with E-state index in [1.807, 2.05) is 6.08 Å². The molecule has 0 heterocycles. The summed E-state index contributed by atoms with van der Waals surface area (Å²) in [5, 5.41) is 18.3. The van der Waals surface area contributed by atoms with Crippen LogP contribution in [0.5, 0.6) is 0 Å². The number of carbonyl (C=O) groups is 2.